The second kappa shape index (κ2) is 7.25. The van der Waals surface area contributed by atoms with Gasteiger partial charge in [0, 0.05) is 19.7 Å². The van der Waals surface area contributed by atoms with Gasteiger partial charge in [-0.25, -0.2) is 0 Å². The van der Waals surface area contributed by atoms with Crippen molar-refractivity contribution in [2.45, 2.75) is 12.6 Å². The standard InChI is InChI=1S/C19H23N3O2/c1-22(13-14-9-16(23-2)11-17(10-14)24-3)19-20-12-18(21-19)15-7-5-4-6-8-15/h4-11,18H,12-13H2,1-3H3,(H,20,21). The summed E-state index contributed by atoms with van der Waals surface area (Å²) in [5.41, 5.74) is 2.37. The lowest BCUT2D eigenvalue weighted by atomic mass is 10.1. The number of nitrogens with zero attached hydrogens (tertiary/aromatic N) is 2. The van der Waals surface area contributed by atoms with Crippen LogP contribution in [0.15, 0.2) is 53.5 Å². The van der Waals surface area contributed by atoms with Gasteiger partial charge in [0.2, 0.25) is 0 Å². The van der Waals surface area contributed by atoms with E-state index < -0.39 is 0 Å². The van der Waals surface area contributed by atoms with Gasteiger partial charge in [-0.15, -0.1) is 0 Å². The van der Waals surface area contributed by atoms with Crippen LogP contribution in [0.2, 0.25) is 0 Å². The first-order chi connectivity index (χ1) is 11.7. The summed E-state index contributed by atoms with van der Waals surface area (Å²) in [7, 11) is 5.36. The highest BCUT2D eigenvalue weighted by atomic mass is 16.5. The summed E-state index contributed by atoms with van der Waals surface area (Å²) in [4.78, 5) is 6.75. The highest BCUT2D eigenvalue weighted by Gasteiger charge is 2.21. The molecule has 1 heterocycles. The highest BCUT2D eigenvalue weighted by molar-refractivity contribution is 5.82. The minimum Gasteiger partial charge on any atom is -0.497 e. The van der Waals surface area contributed by atoms with Crippen LogP contribution in [0.5, 0.6) is 11.5 Å². The molecule has 126 valence electrons. The van der Waals surface area contributed by atoms with Crippen molar-refractivity contribution < 1.29 is 9.47 Å². The average molecular weight is 325 g/mol. The molecule has 0 bridgehead atoms. The average Bonchev–Trinajstić information content (AvgIpc) is 3.12. The van der Waals surface area contributed by atoms with Gasteiger partial charge in [0.15, 0.2) is 5.96 Å². The molecule has 3 rings (SSSR count). The van der Waals surface area contributed by atoms with Crippen LogP contribution in [-0.4, -0.2) is 38.7 Å². The molecule has 2 aromatic rings. The third kappa shape index (κ3) is 3.62. The van der Waals surface area contributed by atoms with E-state index in [0.29, 0.717) is 0 Å². The van der Waals surface area contributed by atoms with Crippen molar-refractivity contribution in [3.05, 3.63) is 59.7 Å². The molecule has 24 heavy (non-hydrogen) atoms. The van der Waals surface area contributed by atoms with Crippen molar-refractivity contribution in [3.63, 3.8) is 0 Å². The Morgan fingerprint density at radius 1 is 1.08 bits per heavy atom. The number of ether oxygens (including phenoxy) is 2. The second-order valence-electron chi connectivity index (χ2n) is 5.85. The van der Waals surface area contributed by atoms with Crippen LogP contribution in [0.25, 0.3) is 0 Å². The Hall–Kier alpha value is -2.69. The molecule has 0 aliphatic carbocycles. The van der Waals surface area contributed by atoms with E-state index in [9.17, 15) is 0 Å². The van der Waals surface area contributed by atoms with Crippen molar-refractivity contribution in [3.8, 4) is 11.5 Å². The van der Waals surface area contributed by atoms with Crippen LogP contribution >= 0.6 is 0 Å². The number of methoxy groups -OCH3 is 2. The third-order valence-corrected chi connectivity index (χ3v) is 4.12. The minimum absolute atomic E-state index is 0.239. The molecule has 0 fully saturated rings. The molecule has 5 nitrogen and oxygen atoms in total. The van der Waals surface area contributed by atoms with E-state index in [1.165, 1.54) is 5.56 Å². The summed E-state index contributed by atoms with van der Waals surface area (Å²) in [6, 6.07) is 16.5. The van der Waals surface area contributed by atoms with Gasteiger partial charge in [-0.1, -0.05) is 30.3 Å². The maximum absolute atomic E-state index is 5.33. The first-order valence-corrected chi connectivity index (χ1v) is 7.98. The van der Waals surface area contributed by atoms with E-state index in [1.54, 1.807) is 14.2 Å². The molecule has 1 unspecified atom stereocenters. The fourth-order valence-electron chi connectivity index (χ4n) is 2.84. The van der Waals surface area contributed by atoms with Crippen molar-refractivity contribution in [1.82, 2.24) is 10.2 Å². The molecule has 2 aromatic carbocycles. The number of nitrogens with one attached hydrogen (secondary N) is 1. The Kier molecular flexibility index (Phi) is 4.89. The predicted molar refractivity (Wildman–Crippen MR) is 95.6 cm³/mol. The highest BCUT2D eigenvalue weighted by Crippen LogP contribution is 2.24. The van der Waals surface area contributed by atoms with E-state index in [2.05, 4.69) is 39.5 Å². The van der Waals surface area contributed by atoms with Gasteiger partial charge in [0.1, 0.15) is 11.5 Å². The van der Waals surface area contributed by atoms with Gasteiger partial charge in [0.25, 0.3) is 0 Å². The summed E-state index contributed by atoms with van der Waals surface area (Å²) in [5.74, 6) is 2.49. The van der Waals surface area contributed by atoms with E-state index in [-0.39, 0.29) is 6.04 Å². The fraction of sp³-hybridized carbons (Fsp3) is 0.316. The maximum Gasteiger partial charge on any atom is 0.194 e. The Bertz CT molecular complexity index is 694. The van der Waals surface area contributed by atoms with E-state index in [1.807, 2.05) is 31.3 Å². The Balaban J connectivity index is 1.67. The Morgan fingerprint density at radius 3 is 2.38 bits per heavy atom. The number of rotatable bonds is 5. The van der Waals surface area contributed by atoms with Crippen LogP contribution < -0.4 is 14.8 Å². The number of hydrogen-bond acceptors (Lipinski definition) is 5. The van der Waals surface area contributed by atoms with E-state index in [4.69, 9.17) is 9.47 Å². The van der Waals surface area contributed by atoms with Gasteiger partial charge in [-0.05, 0) is 23.3 Å². The normalized spacial score (nSPS) is 16.3. The number of aliphatic imine (C=N–C) groups is 1. The molecule has 0 spiro atoms. The number of benzene rings is 2. The van der Waals surface area contributed by atoms with Gasteiger partial charge >= 0.3 is 0 Å². The molecule has 0 saturated heterocycles. The van der Waals surface area contributed by atoms with E-state index >= 15 is 0 Å². The van der Waals surface area contributed by atoms with E-state index in [0.717, 1.165) is 36.1 Å². The predicted octanol–water partition coefficient (Wildman–Crippen LogP) is 2.84. The molecule has 0 amide bonds. The van der Waals surface area contributed by atoms with Gasteiger partial charge < -0.3 is 19.7 Å². The molecule has 1 aliphatic heterocycles. The lowest BCUT2D eigenvalue weighted by Gasteiger charge is -2.21. The molecule has 1 aliphatic rings. The van der Waals surface area contributed by atoms with Crippen LogP contribution in [0.1, 0.15) is 17.2 Å². The lowest BCUT2D eigenvalue weighted by Crippen LogP contribution is -2.36. The largest absolute Gasteiger partial charge is 0.497 e. The third-order valence-electron chi connectivity index (χ3n) is 4.12. The molecule has 0 radical (unpaired) electrons. The summed E-state index contributed by atoms with van der Waals surface area (Å²) in [6.07, 6.45) is 0. The second-order valence-corrected chi connectivity index (χ2v) is 5.85. The monoisotopic (exact) mass is 325 g/mol. The topological polar surface area (TPSA) is 46.1 Å². The van der Waals surface area contributed by atoms with Crippen molar-refractivity contribution in [1.29, 1.82) is 0 Å². The number of guanidine groups is 1. The Labute approximate surface area is 142 Å². The van der Waals surface area contributed by atoms with Crippen molar-refractivity contribution in [2.75, 3.05) is 27.8 Å². The molecule has 1 atom stereocenters. The summed E-state index contributed by atoms with van der Waals surface area (Å²) in [6.45, 7) is 1.48. The zero-order valence-electron chi connectivity index (χ0n) is 14.3. The first kappa shape index (κ1) is 16.2. The van der Waals surface area contributed by atoms with Gasteiger partial charge in [-0.2, -0.15) is 0 Å². The first-order valence-electron chi connectivity index (χ1n) is 7.98. The van der Waals surface area contributed by atoms with Crippen LogP contribution in [0.3, 0.4) is 0 Å². The van der Waals surface area contributed by atoms with Crippen molar-refractivity contribution >= 4 is 5.96 Å². The molecular weight excluding hydrogens is 302 g/mol. The molecule has 0 aromatic heterocycles. The van der Waals surface area contributed by atoms with Crippen LogP contribution in [0.4, 0.5) is 0 Å². The molecule has 5 heteroatoms. The van der Waals surface area contributed by atoms with Crippen molar-refractivity contribution in [2.24, 2.45) is 4.99 Å². The zero-order valence-corrected chi connectivity index (χ0v) is 14.3. The van der Waals surface area contributed by atoms with Crippen LogP contribution in [0, 0.1) is 0 Å². The summed E-state index contributed by atoms with van der Waals surface area (Å²) < 4.78 is 10.7. The quantitative estimate of drug-likeness (QED) is 0.918. The molecular formula is C19H23N3O2. The smallest absolute Gasteiger partial charge is 0.194 e. The zero-order chi connectivity index (χ0) is 16.9. The van der Waals surface area contributed by atoms with Gasteiger partial charge in [-0.3, -0.25) is 4.99 Å². The molecule has 0 saturated carbocycles. The Morgan fingerprint density at radius 2 is 1.75 bits per heavy atom. The molecule has 1 N–H and O–H groups in total. The lowest BCUT2D eigenvalue weighted by molar-refractivity contribution is 0.391. The summed E-state index contributed by atoms with van der Waals surface area (Å²) >= 11 is 0. The van der Waals surface area contributed by atoms with Crippen LogP contribution in [-0.2, 0) is 6.54 Å². The maximum atomic E-state index is 5.33. The SMILES string of the molecule is COc1cc(CN(C)C2=NCC(c3ccccc3)N2)cc(OC)c1. The fourth-order valence-corrected chi connectivity index (χ4v) is 2.84. The number of hydrogen-bond donors (Lipinski definition) is 1. The van der Waals surface area contributed by atoms with Gasteiger partial charge in [0.05, 0.1) is 26.8 Å². The minimum atomic E-state index is 0.239. The summed E-state index contributed by atoms with van der Waals surface area (Å²) in [5, 5.41) is 3.50.